The van der Waals surface area contributed by atoms with Crippen molar-refractivity contribution in [2.75, 3.05) is 49.2 Å². The normalized spacial score (nSPS) is 17.0. The summed E-state index contributed by atoms with van der Waals surface area (Å²) < 4.78 is 32.8. The standard InChI is InChI=1S/C16H20F2N6O.C4H6N2/c1-9-10(2)20-14-12(19-9)15(24-7-11(8-24)13(17)18)22-16(21-14)23-3-5-25-6-4-23;1-6-4-2-3-5-6/h11,13H,3-8H2,1-2H3;2-4H,1H3. The van der Waals surface area contributed by atoms with E-state index in [-0.39, 0.29) is 13.1 Å². The Kier molecular flexibility index (Phi) is 6.21. The zero-order valence-corrected chi connectivity index (χ0v) is 17.9. The van der Waals surface area contributed by atoms with E-state index in [9.17, 15) is 8.78 Å². The number of rotatable bonds is 3. The summed E-state index contributed by atoms with van der Waals surface area (Å²) >= 11 is 0. The highest BCUT2D eigenvalue weighted by atomic mass is 19.3. The van der Waals surface area contributed by atoms with Crippen LogP contribution in [0.25, 0.3) is 11.2 Å². The number of halogens is 2. The summed E-state index contributed by atoms with van der Waals surface area (Å²) in [5, 5.41) is 3.83. The number of nitrogens with zero attached hydrogens (tertiary/aromatic N) is 8. The molecule has 2 fully saturated rings. The fourth-order valence-electron chi connectivity index (χ4n) is 3.40. The van der Waals surface area contributed by atoms with E-state index in [2.05, 4.69) is 25.0 Å². The fourth-order valence-corrected chi connectivity index (χ4v) is 3.40. The van der Waals surface area contributed by atoms with Crippen LogP contribution in [0.15, 0.2) is 18.5 Å². The molecular weight excluding hydrogens is 406 g/mol. The first-order valence-electron chi connectivity index (χ1n) is 10.2. The summed E-state index contributed by atoms with van der Waals surface area (Å²) in [5.74, 6) is 0.541. The Hall–Kier alpha value is -2.95. The molecule has 0 radical (unpaired) electrons. The first-order valence-corrected chi connectivity index (χ1v) is 10.2. The number of ether oxygens (including phenoxy) is 1. The van der Waals surface area contributed by atoms with Crippen LogP contribution in [0.2, 0.25) is 0 Å². The molecule has 0 unspecified atom stereocenters. The van der Waals surface area contributed by atoms with Crippen LogP contribution in [0.3, 0.4) is 0 Å². The van der Waals surface area contributed by atoms with E-state index in [0.717, 1.165) is 11.4 Å². The average Bonchev–Trinajstić information content (AvgIpc) is 3.20. The van der Waals surface area contributed by atoms with Crippen molar-refractivity contribution in [2.45, 2.75) is 20.3 Å². The zero-order chi connectivity index (χ0) is 22.0. The maximum atomic E-state index is 12.9. The maximum Gasteiger partial charge on any atom is 0.244 e. The van der Waals surface area contributed by atoms with Crippen LogP contribution in [0.4, 0.5) is 20.5 Å². The van der Waals surface area contributed by atoms with Crippen molar-refractivity contribution >= 4 is 22.9 Å². The lowest BCUT2D eigenvalue weighted by molar-refractivity contribution is 0.0612. The Morgan fingerprint density at radius 3 is 2.29 bits per heavy atom. The Morgan fingerprint density at radius 2 is 1.71 bits per heavy atom. The van der Waals surface area contributed by atoms with E-state index >= 15 is 0 Å². The molecule has 0 spiro atoms. The highest BCUT2D eigenvalue weighted by molar-refractivity contribution is 5.85. The van der Waals surface area contributed by atoms with E-state index < -0.39 is 12.3 Å². The zero-order valence-electron chi connectivity index (χ0n) is 17.9. The summed E-state index contributed by atoms with van der Waals surface area (Å²) in [6, 6.07) is 1.89. The Balaban J connectivity index is 0.000000334. The quantitative estimate of drug-likeness (QED) is 0.621. The van der Waals surface area contributed by atoms with Crippen LogP contribution in [0.1, 0.15) is 11.4 Å². The summed E-state index contributed by atoms with van der Waals surface area (Å²) in [6.07, 6.45) is 1.33. The Bertz CT molecular complexity index is 1020. The lowest BCUT2D eigenvalue weighted by atomic mass is 10.0. The van der Waals surface area contributed by atoms with Gasteiger partial charge in [0.15, 0.2) is 17.0 Å². The van der Waals surface area contributed by atoms with Crippen LogP contribution in [0.5, 0.6) is 0 Å². The molecule has 11 heteroatoms. The second-order valence-corrected chi connectivity index (χ2v) is 7.69. The predicted molar refractivity (Wildman–Crippen MR) is 113 cm³/mol. The van der Waals surface area contributed by atoms with Gasteiger partial charge in [0.05, 0.1) is 30.5 Å². The number of morpholine rings is 1. The summed E-state index contributed by atoms with van der Waals surface area (Å²) in [6.45, 7) is 6.95. The van der Waals surface area contributed by atoms with Gasteiger partial charge in [-0.25, -0.2) is 18.7 Å². The average molecular weight is 432 g/mol. The Morgan fingerprint density at radius 1 is 1.00 bits per heavy atom. The van der Waals surface area contributed by atoms with Crippen LogP contribution in [0, 0.1) is 19.8 Å². The van der Waals surface area contributed by atoms with Gasteiger partial charge in [0.25, 0.3) is 0 Å². The fraction of sp³-hybridized carbons (Fsp3) is 0.550. The lowest BCUT2D eigenvalue weighted by Gasteiger charge is -2.40. The molecule has 0 amide bonds. The number of anilines is 2. The van der Waals surface area contributed by atoms with Gasteiger partial charge in [0.2, 0.25) is 12.4 Å². The topological polar surface area (TPSA) is 85.1 Å². The van der Waals surface area contributed by atoms with Gasteiger partial charge in [-0.3, -0.25) is 4.68 Å². The van der Waals surface area contributed by atoms with Crippen LogP contribution in [-0.4, -0.2) is 75.5 Å². The van der Waals surface area contributed by atoms with Crippen LogP contribution >= 0.6 is 0 Å². The molecule has 0 aromatic carbocycles. The molecule has 2 saturated heterocycles. The molecule has 0 atom stereocenters. The minimum Gasteiger partial charge on any atom is -0.378 e. The molecule has 31 heavy (non-hydrogen) atoms. The number of hydrogen-bond donors (Lipinski definition) is 0. The number of alkyl halides is 2. The molecule has 0 saturated carbocycles. The van der Waals surface area contributed by atoms with Crippen molar-refractivity contribution in [3.05, 3.63) is 29.8 Å². The monoisotopic (exact) mass is 432 g/mol. The van der Waals surface area contributed by atoms with Crippen LogP contribution < -0.4 is 9.80 Å². The summed E-state index contributed by atoms with van der Waals surface area (Å²) in [5.41, 5.74) is 2.68. The second-order valence-electron chi connectivity index (χ2n) is 7.69. The maximum absolute atomic E-state index is 12.9. The van der Waals surface area contributed by atoms with Crippen molar-refractivity contribution in [1.82, 2.24) is 29.7 Å². The van der Waals surface area contributed by atoms with E-state index in [1.54, 1.807) is 10.9 Å². The van der Waals surface area contributed by atoms with Crippen molar-refractivity contribution in [1.29, 1.82) is 0 Å². The van der Waals surface area contributed by atoms with Gasteiger partial charge in [-0.15, -0.1) is 0 Å². The minimum absolute atomic E-state index is 0.279. The molecular formula is C20H26F2N8O. The predicted octanol–water partition coefficient (Wildman–Crippen LogP) is 1.99. The van der Waals surface area contributed by atoms with Gasteiger partial charge in [0, 0.05) is 45.6 Å². The molecule has 3 aromatic rings. The lowest BCUT2D eigenvalue weighted by Crippen LogP contribution is -2.50. The van der Waals surface area contributed by atoms with Crippen molar-refractivity contribution in [3.63, 3.8) is 0 Å². The largest absolute Gasteiger partial charge is 0.378 e. The first-order chi connectivity index (χ1) is 14.9. The number of aryl methyl sites for hydroxylation is 3. The molecule has 5 heterocycles. The van der Waals surface area contributed by atoms with E-state index in [1.807, 2.05) is 43.0 Å². The highest BCUT2D eigenvalue weighted by Gasteiger charge is 2.36. The molecule has 3 aromatic heterocycles. The molecule has 9 nitrogen and oxygen atoms in total. The van der Waals surface area contributed by atoms with Gasteiger partial charge >= 0.3 is 0 Å². The first kappa shape index (κ1) is 21.3. The van der Waals surface area contributed by atoms with Crippen molar-refractivity contribution in [3.8, 4) is 0 Å². The molecule has 0 bridgehead atoms. The molecule has 0 aliphatic carbocycles. The number of aromatic nitrogens is 6. The third kappa shape index (κ3) is 4.71. The van der Waals surface area contributed by atoms with Gasteiger partial charge < -0.3 is 14.5 Å². The second kappa shape index (κ2) is 9.04. The Labute approximate surface area is 179 Å². The smallest absolute Gasteiger partial charge is 0.244 e. The minimum atomic E-state index is -2.31. The molecule has 2 aliphatic heterocycles. The summed E-state index contributed by atoms with van der Waals surface area (Å²) in [7, 11) is 1.89. The van der Waals surface area contributed by atoms with Gasteiger partial charge in [-0.05, 0) is 19.9 Å². The van der Waals surface area contributed by atoms with E-state index in [4.69, 9.17) is 4.74 Å². The number of fused-ring (bicyclic) bond motifs is 1. The van der Waals surface area contributed by atoms with Crippen LogP contribution in [-0.2, 0) is 11.8 Å². The van der Waals surface area contributed by atoms with E-state index in [0.29, 0.717) is 49.2 Å². The van der Waals surface area contributed by atoms with E-state index in [1.165, 1.54) is 0 Å². The third-order valence-electron chi connectivity index (χ3n) is 5.41. The molecule has 0 N–H and O–H groups in total. The van der Waals surface area contributed by atoms with Gasteiger partial charge in [0.1, 0.15) is 0 Å². The third-order valence-corrected chi connectivity index (χ3v) is 5.41. The van der Waals surface area contributed by atoms with Gasteiger partial charge in [-0.2, -0.15) is 15.1 Å². The van der Waals surface area contributed by atoms with Crippen molar-refractivity contribution in [2.24, 2.45) is 13.0 Å². The highest BCUT2D eigenvalue weighted by Crippen LogP contribution is 2.32. The van der Waals surface area contributed by atoms with Crippen molar-refractivity contribution < 1.29 is 13.5 Å². The van der Waals surface area contributed by atoms with Gasteiger partial charge in [-0.1, -0.05) is 0 Å². The summed E-state index contributed by atoms with van der Waals surface area (Å²) in [4.78, 5) is 22.2. The number of hydrogen-bond acceptors (Lipinski definition) is 8. The molecule has 166 valence electrons. The molecule has 2 aliphatic rings. The SMILES string of the molecule is Cc1nc2nc(N3CCOCC3)nc(N3CC(C(F)F)C3)c2nc1C.Cn1cccn1. The molecule has 5 rings (SSSR count).